The second-order valence-corrected chi connectivity index (χ2v) is 5.93. The van der Waals surface area contributed by atoms with Crippen LogP contribution in [0, 0.1) is 5.92 Å². The lowest BCUT2D eigenvalue weighted by molar-refractivity contribution is -0.163. The summed E-state index contributed by atoms with van der Waals surface area (Å²) in [5.74, 6) is -2.06. The molecule has 1 fully saturated rings. The molecule has 2 rings (SSSR count). The Kier molecular flexibility index (Phi) is 5.86. The first-order valence-corrected chi connectivity index (χ1v) is 8.01. The summed E-state index contributed by atoms with van der Waals surface area (Å²) in [6.45, 7) is 0.865. The number of aromatic nitrogens is 1. The van der Waals surface area contributed by atoms with Gasteiger partial charge < -0.3 is 14.9 Å². The van der Waals surface area contributed by atoms with E-state index in [2.05, 4.69) is 4.98 Å². The topological polar surface area (TPSA) is 73.7 Å². The summed E-state index contributed by atoms with van der Waals surface area (Å²) in [6, 6.07) is 2.92. The van der Waals surface area contributed by atoms with Crippen molar-refractivity contribution < 1.29 is 27.9 Å². The molecule has 0 aromatic carbocycles. The van der Waals surface area contributed by atoms with Gasteiger partial charge in [0.15, 0.2) is 0 Å². The van der Waals surface area contributed by atoms with E-state index in [1.165, 1.54) is 25.3 Å². The van der Waals surface area contributed by atoms with E-state index in [9.17, 15) is 27.9 Å². The number of hydrogen-bond donors (Lipinski definition) is 1. The van der Waals surface area contributed by atoms with Crippen LogP contribution in [0.1, 0.15) is 30.1 Å². The van der Waals surface area contributed by atoms with Gasteiger partial charge in [-0.15, -0.1) is 0 Å². The van der Waals surface area contributed by atoms with Gasteiger partial charge in [0.25, 0.3) is 0 Å². The van der Waals surface area contributed by atoms with Gasteiger partial charge >= 0.3 is 12.1 Å². The summed E-state index contributed by atoms with van der Waals surface area (Å²) in [5.41, 5.74) is 0.0123. The van der Waals surface area contributed by atoms with Gasteiger partial charge in [0.1, 0.15) is 17.9 Å². The predicted octanol–water partition coefficient (Wildman–Crippen LogP) is 2.41. The fraction of sp³-hybridized carbons (Fsp3) is 0.562. The molecule has 1 atom stereocenters. The average molecular weight is 359 g/mol. The summed E-state index contributed by atoms with van der Waals surface area (Å²) in [7, 11) is 0. The standard InChI is InChI=1S/C16H20F3N3O3/c1-2-21(10-16(17,18)19)14(23)11-5-4-8-22(9-11)13-12(15(24)25)6-3-7-20-13/h3,6-7,11H,2,4-5,8-10H2,1H3,(H,24,25). The Labute approximate surface area is 143 Å². The third-order valence-corrected chi connectivity index (χ3v) is 4.15. The third-order valence-electron chi connectivity index (χ3n) is 4.15. The van der Waals surface area contributed by atoms with Crippen molar-refractivity contribution in [1.82, 2.24) is 9.88 Å². The number of alkyl halides is 3. The van der Waals surface area contributed by atoms with E-state index < -0.39 is 30.5 Å². The van der Waals surface area contributed by atoms with Crippen LogP contribution in [0.4, 0.5) is 19.0 Å². The maximum Gasteiger partial charge on any atom is 0.406 e. The quantitative estimate of drug-likeness (QED) is 0.874. The van der Waals surface area contributed by atoms with E-state index >= 15 is 0 Å². The number of carboxylic acids is 1. The van der Waals surface area contributed by atoms with Crippen molar-refractivity contribution in [2.24, 2.45) is 5.92 Å². The van der Waals surface area contributed by atoms with E-state index in [0.29, 0.717) is 19.4 Å². The predicted molar refractivity (Wildman–Crippen MR) is 84.4 cm³/mol. The fourth-order valence-electron chi connectivity index (χ4n) is 3.01. The normalized spacial score (nSPS) is 18.1. The molecule has 0 spiro atoms. The number of piperidine rings is 1. The summed E-state index contributed by atoms with van der Waals surface area (Å²) in [4.78, 5) is 30.3. The lowest BCUT2D eigenvalue weighted by atomic mass is 9.96. The number of pyridine rings is 1. The number of halogens is 3. The molecule has 1 aromatic heterocycles. The van der Waals surface area contributed by atoms with Gasteiger partial charge in [-0.3, -0.25) is 4.79 Å². The van der Waals surface area contributed by atoms with Crippen LogP contribution in [0.3, 0.4) is 0 Å². The lowest BCUT2D eigenvalue weighted by Crippen LogP contribution is -2.47. The van der Waals surface area contributed by atoms with E-state index in [1.54, 1.807) is 4.90 Å². The third kappa shape index (κ3) is 4.83. The molecule has 0 aliphatic carbocycles. The maximum absolute atomic E-state index is 12.6. The smallest absolute Gasteiger partial charge is 0.406 e. The fourth-order valence-corrected chi connectivity index (χ4v) is 3.01. The molecule has 1 amide bonds. The van der Waals surface area contributed by atoms with Gasteiger partial charge in [0, 0.05) is 25.8 Å². The highest BCUT2D eigenvalue weighted by molar-refractivity contribution is 5.93. The van der Waals surface area contributed by atoms with E-state index in [0.717, 1.165) is 4.90 Å². The molecular formula is C16H20F3N3O3. The van der Waals surface area contributed by atoms with Crippen molar-refractivity contribution in [3.63, 3.8) is 0 Å². The average Bonchev–Trinajstić information content (AvgIpc) is 2.58. The number of hydrogen-bond acceptors (Lipinski definition) is 4. The number of amides is 1. The highest BCUT2D eigenvalue weighted by atomic mass is 19.4. The van der Waals surface area contributed by atoms with E-state index in [1.807, 2.05) is 0 Å². The molecule has 0 bridgehead atoms. The number of carbonyl (C=O) groups excluding carboxylic acids is 1. The highest BCUT2D eigenvalue weighted by Crippen LogP contribution is 2.26. The summed E-state index contributed by atoms with van der Waals surface area (Å²) in [5, 5.41) is 9.26. The zero-order valence-electron chi connectivity index (χ0n) is 13.8. The number of nitrogens with zero attached hydrogens (tertiary/aromatic N) is 3. The Bertz CT molecular complexity index is 637. The molecule has 25 heavy (non-hydrogen) atoms. The minimum Gasteiger partial charge on any atom is -0.478 e. The van der Waals surface area contributed by atoms with Crippen LogP contribution in [0.25, 0.3) is 0 Å². The van der Waals surface area contributed by atoms with Crippen molar-refractivity contribution in [3.8, 4) is 0 Å². The molecule has 9 heteroatoms. The first-order chi connectivity index (χ1) is 11.7. The van der Waals surface area contributed by atoms with Crippen LogP contribution in [-0.4, -0.2) is 59.2 Å². The molecule has 1 aliphatic rings. The van der Waals surface area contributed by atoms with Crippen molar-refractivity contribution in [2.75, 3.05) is 31.1 Å². The van der Waals surface area contributed by atoms with Crippen molar-refractivity contribution >= 4 is 17.7 Å². The Morgan fingerprint density at radius 3 is 2.76 bits per heavy atom. The highest BCUT2D eigenvalue weighted by Gasteiger charge is 2.36. The monoisotopic (exact) mass is 359 g/mol. The molecule has 6 nitrogen and oxygen atoms in total. The zero-order chi connectivity index (χ0) is 18.6. The molecule has 1 aliphatic heterocycles. The Hall–Kier alpha value is -2.32. The second-order valence-electron chi connectivity index (χ2n) is 5.93. The van der Waals surface area contributed by atoms with Gasteiger partial charge in [-0.25, -0.2) is 9.78 Å². The first kappa shape index (κ1) is 19.0. The van der Waals surface area contributed by atoms with Crippen molar-refractivity contribution in [1.29, 1.82) is 0 Å². The first-order valence-electron chi connectivity index (χ1n) is 8.01. The largest absolute Gasteiger partial charge is 0.478 e. The number of anilines is 1. The molecule has 1 N–H and O–H groups in total. The van der Waals surface area contributed by atoms with Crippen LogP contribution < -0.4 is 4.90 Å². The molecule has 1 unspecified atom stereocenters. The molecular weight excluding hydrogens is 339 g/mol. The van der Waals surface area contributed by atoms with Crippen molar-refractivity contribution in [3.05, 3.63) is 23.9 Å². The Morgan fingerprint density at radius 2 is 2.16 bits per heavy atom. The summed E-state index contributed by atoms with van der Waals surface area (Å²) < 4.78 is 37.9. The van der Waals surface area contributed by atoms with Gasteiger partial charge in [0.2, 0.25) is 5.91 Å². The van der Waals surface area contributed by atoms with Gasteiger partial charge in [-0.2, -0.15) is 13.2 Å². The van der Waals surface area contributed by atoms with Crippen LogP contribution >= 0.6 is 0 Å². The van der Waals surface area contributed by atoms with Crippen LogP contribution in [0.5, 0.6) is 0 Å². The van der Waals surface area contributed by atoms with Crippen LogP contribution in [0.2, 0.25) is 0 Å². The van der Waals surface area contributed by atoms with Gasteiger partial charge in [-0.05, 0) is 31.9 Å². The van der Waals surface area contributed by atoms with Crippen LogP contribution in [0.15, 0.2) is 18.3 Å². The van der Waals surface area contributed by atoms with E-state index in [-0.39, 0.29) is 24.5 Å². The number of carboxylic acid groups (broad SMARTS) is 1. The van der Waals surface area contributed by atoms with Gasteiger partial charge in [-0.1, -0.05) is 0 Å². The molecule has 138 valence electrons. The minimum atomic E-state index is -4.45. The Balaban J connectivity index is 2.15. The zero-order valence-corrected chi connectivity index (χ0v) is 13.8. The molecule has 1 saturated heterocycles. The molecule has 2 heterocycles. The summed E-state index contributed by atoms with van der Waals surface area (Å²) >= 11 is 0. The molecule has 0 saturated carbocycles. The van der Waals surface area contributed by atoms with Gasteiger partial charge in [0.05, 0.1) is 5.92 Å². The second kappa shape index (κ2) is 7.71. The minimum absolute atomic E-state index is 0.0123. The number of rotatable bonds is 5. The maximum atomic E-state index is 12.6. The SMILES string of the molecule is CCN(CC(F)(F)F)C(=O)C1CCCN(c2ncccc2C(=O)O)C1. The number of aromatic carboxylic acids is 1. The van der Waals surface area contributed by atoms with Crippen molar-refractivity contribution in [2.45, 2.75) is 25.9 Å². The van der Waals surface area contributed by atoms with Crippen LogP contribution in [-0.2, 0) is 4.79 Å². The molecule has 1 aromatic rings. The molecule has 0 radical (unpaired) electrons. The summed E-state index contributed by atoms with van der Waals surface area (Å²) in [6.07, 6.45) is -1.94. The van der Waals surface area contributed by atoms with E-state index in [4.69, 9.17) is 0 Å². The number of carbonyl (C=O) groups is 2. The Morgan fingerprint density at radius 1 is 1.44 bits per heavy atom. The lowest BCUT2D eigenvalue weighted by Gasteiger charge is -2.36.